The fourth-order valence-electron chi connectivity index (χ4n) is 2.21. The van der Waals surface area contributed by atoms with Gasteiger partial charge in [-0.05, 0) is 30.0 Å². The third-order valence-electron chi connectivity index (χ3n) is 3.62. The summed E-state index contributed by atoms with van der Waals surface area (Å²) >= 11 is 2.87. The Morgan fingerprint density at radius 2 is 2.11 bits per heavy atom. The summed E-state index contributed by atoms with van der Waals surface area (Å²) in [7, 11) is 1.26. The number of carbonyl (C=O) groups is 2. The maximum absolute atomic E-state index is 11.8. The van der Waals surface area contributed by atoms with Crippen LogP contribution >= 0.6 is 23.5 Å². The third-order valence-corrected chi connectivity index (χ3v) is 5.70. The van der Waals surface area contributed by atoms with Crippen molar-refractivity contribution < 1.29 is 14.3 Å². The number of thioether (sulfide) groups is 2. The summed E-state index contributed by atoms with van der Waals surface area (Å²) in [5, 5.41) is 11.0. The average molecular weight is 406 g/mol. The van der Waals surface area contributed by atoms with Crippen molar-refractivity contribution in [3.05, 3.63) is 40.8 Å². The molecule has 0 radical (unpaired) electrons. The Bertz CT molecular complexity index is 760. The van der Waals surface area contributed by atoms with Crippen molar-refractivity contribution in [1.82, 2.24) is 5.32 Å². The van der Waals surface area contributed by atoms with Crippen molar-refractivity contribution in [2.75, 3.05) is 12.9 Å². The Hall–Kier alpha value is -2.06. The molecule has 1 amide bonds. The van der Waals surface area contributed by atoms with Crippen LogP contribution in [0.2, 0.25) is 0 Å². The van der Waals surface area contributed by atoms with Gasteiger partial charge in [-0.15, -0.1) is 16.9 Å². The first-order valence-electron chi connectivity index (χ1n) is 8.75. The molecule has 1 aromatic rings. The molecule has 6 nitrogen and oxygen atoms in total. The minimum absolute atomic E-state index is 0.235. The van der Waals surface area contributed by atoms with Gasteiger partial charge in [0.15, 0.2) is 5.17 Å². The number of amides is 1. The van der Waals surface area contributed by atoms with Gasteiger partial charge < -0.3 is 4.74 Å². The van der Waals surface area contributed by atoms with E-state index < -0.39 is 5.97 Å². The summed E-state index contributed by atoms with van der Waals surface area (Å²) in [6, 6.07) is 8.02. The van der Waals surface area contributed by atoms with Crippen LogP contribution in [0.4, 0.5) is 0 Å². The monoisotopic (exact) mass is 405 g/mol. The number of nitrogens with zero attached hydrogens (tertiary/aromatic N) is 2. The summed E-state index contributed by atoms with van der Waals surface area (Å²) in [4.78, 5) is 24.4. The van der Waals surface area contributed by atoms with Crippen molar-refractivity contribution in [2.45, 2.75) is 37.5 Å². The summed E-state index contributed by atoms with van der Waals surface area (Å²) in [6.07, 6.45) is 7.78. The Kier molecular flexibility index (Phi) is 9.13. The summed E-state index contributed by atoms with van der Waals surface area (Å²) in [5.74, 6) is 0.108. The molecule has 1 aromatic carbocycles. The topological polar surface area (TPSA) is 80.1 Å². The number of unbranched alkanes of at least 4 members (excludes halogenated alkanes) is 3. The molecule has 1 fully saturated rings. The van der Waals surface area contributed by atoms with Gasteiger partial charge in [-0.1, -0.05) is 44.4 Å². The van der Waals surface area contributed by atoms with Crippen LogP contribution in [0.5, 0.6) is 0 Å². The highest BCUT2D eigenvalue weighted by Crippen LogP contribution is 2.24. The highest BCUT2D eigenvalue weighted by Gasteiger charge is 2.24. The number of hydrogen-bond acceptors (Lipinski definition) is 7. The molecule has 0 bridgehead atoms. The Balaban J connectivity index is 1.96. The lowest BCUT2D eigenvalue weighted by Crippen LogP contribution is -2.19. The van der Waals surface area contributed by atoms with Crippen molar-refractivity contribution in [3.63, 3.8) is 0 Å². The zero-order valence-corrected chi connectivity index (χ0v) is 17.1. The van der Waals surface area contributed by atoms with E-state index in [4.69, 9.17) is 0 Å². The van der Waals surface area contributed by atoms with Gasteiger partial charge in [0.05, 0.1) is 18.2 Å². The van der Waals surface area contributed by atoms with E-state index in [1.807, 2.05) is 30.0 Å². The van der Waals surface area contributed by atoms with E-state index in [0.717, 1.165) is 34.0 Å². The molecule has 0 aliphatic carbocycles. The molecule has 27 heavy (non-hydrogen) atoms. The molecule has 8 heteroatoms. The van der Waals surface area contributed by atoms with E-state index in [1.165, 1.54) is 32.8 Å². The lowest BCUT2D eigenvalue weighted by atomic mass is 10.2. The van der Waals surface area contributed by atoms with Crippen molar-refractivity contribution >= 4 is 46.8 Å². The number of carbonyl (C=O) groups excluding carboxylic acids is 2. The number of nitrogens with one attached hydrogen (secondary N) is 1. The van der Waals surface area contributed by atoms with Crippen LogP contribution in [0.1, 0.15) is 38.2 Å². The molecule has 1 saturated heterocycles. The predicted molar refractivity (Wildman–Crippen MR) is 112 cm³/mol. The van der Waals surface area contributed by atoms with E-state index in [1.54, 1.807) is 6.21 Å². The molecular weight excluding hydrogens is 382 g/mol. The second-order valence-electron chi connectivity index (χ2n) is 5.68. The standard InChI is InChI=1S/C19H23N3O3S2/c1-3-4-5-8-11-26-15-10-7-6-9-14(15)13-20-22-19-21-18(24)16(27-19)12-17(23)25-2/h6-7,9-10,12-13H,3-5,8,11H2,1-2H3,(H,21,22,24)/b16-12+,20-13?. The Labute approximate surface area is 167 Å². The van der Waals surface area contributed by atoms with Crippen molar-refractivity contribution in [2.24, 2.45) is 10.2 Å². The third kappa shape index (κ3) is 7.22. The van der Waals surface area contributed by atoms with Gasteiger partial charge >= 0.3 is 5.97 Å². The smallest absolute Gasteiger partial charge is 0.331 e. The molecule has 0 aromatic heterocycles. The van der Waals surface area contributed by atoms with Crippen LogP contribution < -0.4 is 5.32 Å². The van der Waals surface area contributed by atoms with E-state index in [0.29, 0.717) is 5.17 Å². The quantitative estimate of drug-likeness (QED) is 0.168. The normalized spacial score (nSPS) is 17.0. The van der Waals surface area contributed by atoms with E-state index in [2.05, 4.69) is 33.2 Å². The number of hydrogen-bond donors (Lipinski definition) is 1. The molecule has 144 valence electrons. The van der Waals surface area contributed by atoms with Gasteiger partial charge in [-0.3, -0.25) is 10.1 Å². The Morgan fingerprint density at radius 1 is 1.30 bits per heavy atom. The van der Waals surface area contributed by atoms with Crippen molar-refractivity contribution in [1.29, 1.82) is 0 Å². The zero-order valence-electron chi connectivity index (χ0n) is 15.4. The summed E-state index contributed by atoms with van der Waals surface area (Å²) < 4.78 is 4.52. The highest BCUT2D eigenvalue weighted by atomic mass is 32.2. The molecular formula is C19H23N3O3S2. The first-order chi connectivity index (χ1) is 13.1. The van der Waals surface area contributed by atoms with Gasteiger partial charge in [0.25, 0.3) is 5.91 Å². The Morgan fingerprint density at radius 3 is 2.89 bits per heavy atom. The van der Waals surface area contributed by atoms with Crippen LogP contribution in [0.3, 0.4) is 0 Å². The van der Waals surface area contributed by atoms with Gasteiger partial charge in [-0.25, -0.2) is 4.79 Å². The van der Waals surface area contributed by atoms with Crippen LogP contribution in [-0.2, 0) is 14.3 Å². The fraction of sp³-hybridized carbons (Fsp3) is 0.368. The van der Waals surface area contributed by atoms with E-state index in [-0.39, 0.29) is 10.8 Å². The van der Waals surface area contributed by atoms with E-state index >= 15 is 0 Å². The predicted octanol–water partition coefficient (Wildman–Crippen LogP) is 3.97. The van der Waals surface area contributed by atoms with Crippen LogP contribution in [0.15, 0.2) is 50.3 Å². The number of ether oxygens (including phenoxy) is 1. The van der Waals surface area contributed by atoms with Gasteiger partial charge in [-0.2, -0.15) is 5.10 Å². The largest absolute Gasteiger partial charge is 0.466 e. The highest BCUT2D eigenvalue weighted by molar-refractivity contribution is 8.18. The maximum atomic E-state index is 11.8. The molecule has 1 aliphatic rings. The second kappa shape index (κ2) is 11.6. The number of rotatable bonds is 9. The van der Waals surface area contributed by atoms with E-state index in [9.17, 15) is 9.59 Å². The molecule has 2 rings (SSSR count). The van der Waals surface area contributed by atoms with Gasteiger partial charge in [0.1, 0.15) is 0 Å². The van der Waals surface area contributed by atoms with Crippen molar-refractivity contribution in [3.8, 4) is 0 Å². The van der Waals surface area contributed by atoms with Gasteiger partial charge in [0, 0.05) is 16.5 Å². The maximum Gasteiger partial charge on any atom is 0.331 e. The van der Waals surface area contributed by atoms with Crippen LogP contribution in [0, 0.1) is 0 Å². The first kappa shape index (κ1) is 21.2. The fourth-order valence-corrected chi connectivity index (χ4v) is 3.98. The molecule has 1 N–H and O–H groups in total. The number of amidine groups is 1. The minimum atomic E-state index is -0.581. The second-order valence-corrected chi connectivity index (χ2v) is 7.85. The molecule has 0 saturated carbocycles. The average Bonchev–Trinajstić information content (AvgIpc) is 3.01. The zero-order chi connectivity index (χ0) is 19.5. The molecule has 1 aliphatic heterocycles. The van der Waals surface area contributed by atoms with Gasteiger partial charge in [0.2, 0.25) is 0 Å². The first-order valence-corrected chi connectivity index (χ1v) is 10.6. The minimum Gasteiger partial charge on any atom is -0.466 e. The molecule has 0 atom stereocenters. The lowest BCUT2D eigenvalue weighted by molar-refractivity contribution is -0.135. The lowest BCUT2D eigenvalue weighted by Gasteiger charge is -2.04. The number of benzene rings is 1. The summed E-state index contributed by atoms with van der Waals surface area (Å²) in [5.41, 5.74) is 0.988. The summed E-state index contributed by atoms with van der Waals surface area (Å²) in [6.45, 7) is 2.21. The SMILES string of the molecule is CCCCCCSc1ccccc1C=N/N=C1/NC(=O)/C(=C\C(=O)OC)S1. The molecule has 1 heterocycles. The number of esters is 1. The number of methoxy groups -OCH3 is 1. The van der Waals surface area contributed by atoms with Crippen LogP contribution in [-0.4, -0.2) is 36.1 Å². The van der Waals surface area contributed by atoms with Crippen LogP contribution in [0.25, 0.3) is 0 Å². The molecule has 0 spiro atoms. The molecule has 0 unspecified atom stereocenters.